The van der Waals surface area contributed by atoms with E-state index in [0.29, 0.717) is 6.42 Å². The molecule has 56 valence electrons. The van der Waals surface area contributed by atoms with E-state index >= 15 is 0 Å². The third-order valence-electron chi connectivity index (χ3n) is 2.03. The van der Waals surface area contributed by atoms with E-state index in [1.54, 1.807) is 12.4 Å². The molecule has 1 aromatic heterocycles. The highest BCUT2D eigenvalue weighted by molar-refractivity contribution is 5.70. The molecule has 0 amide bonds. The highest BCUT2D eigenvalue weighted by atomic mass is 16.3. The van der Waals surface area contributed by atoms with Crippen LogP contribution in [0.3, 0.4) is 0 Å². The van der Waals surface area contributed by atoms with E-state index in [-0.39, 0.29) is 6.10 Å². The van der Waals surface area contributed by atoms with E-state index in [1.807, 2.05) is 6.07 Å². The molecule has 0 radical (unpaired) electrons. The number of hydrogen-bond donors (Lipinski definition) is 1. The fourth-order valence-electron chi connectivity index (χ4n) is 1.44. The molecule has 2 heteroatoms. The first-order valence-corrected chi connectivity index (χ1v) is 3.59. The Labute approximate surface area is 65.2 Å². The molecular formula is C9H9NO. The summed E-state index contributed by atoms with van der Waals surface area (Å²) in [6, 6.07) is 1.85. The molecule has 0 aromatic carbocycles. The van der Waals surface area contributed by atoms with Gasteiger partial charge in [0.25, 0.3) is 0 Å². The molecule has 0 unspecified atom stereocenters. The summed E-state index contributed by atoms with van der Waals surface area (Å²) in [6.45, 7) is 3.85. The van der Waals surface area contributed by atoms with Gasteiger partial charge in [-0.25, -0.2) is 0 Å². The molecule has 0 aliphatic heterocycles. The molecule has 11 heavy (non-hydrogen) atoms. The van der Waals surface area contributed by atoms with Crippen molar-refractivity contribution in [2.24, 2.45) is 0 Å². The van der Waals surface area contributed by atoms with Crippen LogP contribution in [0.25, 0.3) is 5.57 Å². The van der Waals surface area contributed by atoms with Gasteiger partial charge in [0.15, 0.2) is 0 Å². The Bertz CT molecular complexity index is 306. The molecule has 0 saturated heterocycles. The van der Waals surface area contributed by atoms with Gasteiger partial charge in [0.05, 0.1) is 6.10 Å². The number of aromatic nitrogens is 1. The summed E-state index contributed by atoms with van der Waals surface area (Å²) in [5.74, 6) is 0. The average Bonchev–Trinajstić information content (AvgIpc) is 2.30. The summed E-state index contributed by atoms with van der Waals surface area (Å²) in [5, 5.41) is 9.46. The van der Waals surface area contributed by atoms with Gasteiger partial charge in [-0.3, -0.25) is 4.98 Å². The molecule has 1 N–H and O–H groups in total. The second kappa shape index (κ2) is 2.17. The van der Waals surface area contributed by atoms with Crippen LogP contribution in [-0.4, -0.2) is 10.1 Å². The number of aliphatic hydroxyl groups is 1. The predicted molar refractivity (Wildman–Crippen MR) is 42.8 cm³/mol. The molecule has 0 fully saturated rings. The van der Waals surface area contributed by atoms with Crippen molar-refractivity contribution in [1.29, 1.82) is 0 Å². The molecule has 0 bridgehead atoms. The zero-order chi connectivity index (χ0) is 7.84. The highest BCUT2D eigenvalue weighted by Crippen LogP contribution is 2.37. The molecule has 1 aromatic rings. The van der Waals surface area contributed by atoms with E-state index < -0.39 is 0 Å². The predicted octanol–water partition coefficient (Wildman–Crippen LogP) is 1.53. The van der Waals surface area contributed by atoms with Crippen molar-refractivity contribution < 1.29 is 5.11 Å². The van der Waals surface area contributed by atoms with E-state index in [0.717, 1.165) is 16.7 Å². The van der Waals surface area contributed by atoms with E-state index in [2.05, 4.69) is 11.6 Å². The van der Waals surface area contributed by atoms with Gasteiger partial charge >= 0.3 is 0 Å². The van der Waals surface area contributed by atoms with E-state index in [4.69, 9.17) is 0 Å². The van der Waals surface area contributed by atoms with Crippen LogP contribution in [-0.2, 0) is 0 Å². The van der Waals surface area contributed by atoms with Crippen LogP contribution in [0.5, 0.6) is 0 Å². The Kier molecular flexibility index (Phi) is 1.29. The largest absolute Gasteiger partial charge is 0.388 e. The van der Waals surface area contributed by atoms with Crippen LogP contribution >= 0.6 is 0 Å². The lowest BCUT2D eigenvalue weighted by Crippen LogP contribution is -1.89. The first kappa shape index (κ1) is 6.55. The summed E-state index contributed by atoms with van der Waals surface area (Å²) in [6.07, 6.45) is 3.75. The first-order valence-electron chi connectivity index (χ1n) is 3.59. The number of fused-ring (bicyclic) bond motifs is 1. The Hall–Kier alpha value is -1.15. The Morgan fingerprint density at radius 3 is 3.18 bits per heavy atom. The van der Waals surface area contributed by atoms with Gasteiger partial charge < -0.3 is 5.11 Å². The number of nitrogens with zero attached hydrogens (tertiary/aromatic N) is 1. The van der Waals surface area contributed by atoms with Crippen molar-refractivity contribution in [3.63, 3.8) is 0 Å². The van der Waals surface area contributed by atoms with Gasteiger partial charge in [-0.15, -0.1) is 0 Å². The van der Waals surface area contributed by atoms with Crippen molar-refractivity contribution >= 4 is 5.57 Å². The van der Waals surface area contributed by atoms with Crippen molar-refractivity contribution in [2.45, 2.75) is 12.5 Å². The van der Waals surface area contributed by atoms with E-state index in [1.165, 1.54) is 0 Å². The minimum Gasteiger partial charge on any atom is -0.388 e. The standard InChI is InChI=1S/C9H9NO/c1-6-4-9(11)7-2-3-10-5-8(6)7/h2-3,5,9,11H,1,4H2/t9-/m1/s1. The molecule has 1 heterocycles. The zero-order valence-corrected chi connectivity index (χ0v) is 6.12. The Morgan fingerprint density at radius 1 is 1.64 bits per heavy atom. The van der Waals surface area contributed by atoms with Crippen molar-refractivity contribution in [1.82, 2.24) is 4.98 Å². The SMILES string of the molecule is C=C1C[C@@H](O)c2ccncc21. The maximum Gasteiger partial charge on any atom is 0.0837 e. The normalized spacial score (nSPS) is 21.9. The molecule has 1 aliphatic rings. The van der Waals surface area contributed by atoms with Gasteiger partial charge in [-0.2, -0.15) is 0 Å². The van der Waals surface area contributed by atoms with Gasteiger partial charge in [0, 0.05) is 24.4 Å². The van der Waals surface area contributed by atoms with Crippen molar-refractivity contribution in [3.05, 3.63) is 36.2 Å². The lowest BCUT2D eigenvalue weighted by molar-refractivity contribution is 0.190. The quantitative estimate of drug-likeness (QED) is 0.603. The summed E-state index contributed by atoms with van der Waals surface area (Å²) < 4.78 is 0. The van der Waals surface area contributed by atoms with E-state index in [9.17, 15) is 5.11 Å². The van der Waals surface area contributed by atoms with Crippen molar-refractivity contribution in [3.8, 4) is 0 Å². The van der Waals surface area contributed by atoms with Gasteiger partial charge in [-0.1, -0.05) is 6.58 Å². The second-order valence-electron chi connectivity index (χ2n) is 2.79. The topological polar surface area (TPSA) is 33.1 Å². The molecular weight excluding hydrogens is 138 g/mol. The number of aliphatic hydroxyl groups excluding tert-OH is 1. The fraction of sp³-hybridized carbons (Fsp3) is 0.222. The highest BCUT2D eigenvalue weighted by Gasteiger charge is 2.22. The molecule has 1 aliphatic carbocycles. The zero-order valence-electron chi connectivity index (χ0n) is 6.12. The lowest BCUT2D eigenvalue weighted by Gasteiger charge is -1.99. The van der Waals surface area contributed by atoms with Crippen LogP contribution in [0, 0.1) is 0 Å². The minimum atomic E-state index is -0.361. The summed E-state index contributed by atoms with van der Waals surface area (Å²) >= 11 is 0. The molecule has 1 atom stereocenters. The summed E-state index contributed by atoms with van der Waals surface area (Å²) in [5.41, 5.74) is 2.96. The van der Waals surface area contributed by atoms with Gasteiger partial charge in [0.2, 0.25) is 0 Å². The molecule has 2 nitrogen and oxygen atoms in total. The first-order chi connectivity index (χ1) is 5.29. The smallest absolute Gasteiger partial charge is 0.0837 e. The monoisotopic (exact) mass is 147 g/mol. The molecule has 0 spiro atoms. The third-order valence-corrected chi connectivity index (χ3v) is 2.03. The maximum atomic E-state index is 9.46. The van der Waals surface area contributed by atoms with Gasteiger partial charge in [-0.05, 0) is 17.2 Å². The Balaban J connectivity index is 2.60. The molecule has 2 rings (SSSR count). The van der Waals surface area contributed by atoms with Gasteiger partial charge in [0.1, 0.15) is 0 Å². The fourth-order valence-corrected chi connectivity index (χ4v) is 1.44. The number of rotatable bonds is 0. The van der Waals surface area contributed by atoms with Crippen LogP contribution in [0.1, 0.15) is 23.7 Å². The Morgan fingerprint density at radius 2 is 2.45 bits per heavy atom. The van der Waals surface area contributed by atoms with Crippen LogP contribution in [0.4, 0.5) is 0 Å². The lowest BCUT2D eigenvalue weighted by atomic mass is 10.1. The third kappa shape index (κ3) is 0.870. The maximum absolute atomic E-state index is 9.46. The minimum absolute atomic E-state index is 0.361. The van der Waals surface area contributed by atoms with Crippen LogP contribution in [0.2, 0.25) is 0 Å². The molecule has 0 saturated carbocycles. The van der Waals surface area contributed by atoms with Crippen molar-refractivity contribution in [2.75, 3.05) is 0 Å². The van der Waals surface area contributed by atoms with Crippen LogP contribution in [0.15, 0.2) is 25.0 Å². The summed E-state index contributed by atoms with van der Waals surface area (Å²) in [7, 11) is 0. The number of hydrogen-bond acceptors (Lipinski definition) is 2. The summed E-state index contributed by atoms with van der Waals surface area (Å²) in [4.78, 5) is 3.97. The second-order valence-corrected chi connectivity index (χ2v) is 2.79. The van der Waals surface area contributed by atoms with Crippen LogP contribution < -0.4 is 0 Å². The number of pyridine rings is 1. The average molecular weight is 147 g/mol.